The highest BCUT2D eigenvalue weighted by Gasteiger charge is 2.36. The Morgan fingerprint density at radius 2 is 1.95 bits per heavy atom. The molecule has 0 heterocycles. The van der Waals surface area contributed by atoms with Gasteiger partial charge in [-0.25, -0.2) is 0 Å². The molecule has 1 unspecified atom stereocenters. The average molecular weight is 277 g/mol. The van der Waals surface area contributed by atoms with E-state index in [1.54, 1.807) is 0 Å². The van der Waals surface area contributed by atoms with E-state index in [1.165, 1.54) is 11.1 Å². The second kappa shape index (κ2) is 5.04. The summed E-state index contributed by atoms with van der Waals surface area (Å²) in [5.74, 6) is -1.06. The molecule has 0 amide bonds. The van der Waals surface area contributed by atoms with Gasteiger partial charge in [-0.15, -0.1) is 0 Å². The maximum absolute atomic E-state index is 10.9. The predicted octanol–water partition coefficient (Wildman–Crippen LogP) is 3.73. The zero-order chi connectivity index (χ0) is 14.3. The topological polar surface area (TPSA) is 29.5 Å². The van der Waals surface area contributed by atoms with E-state index in [1.807, 2.05) is 0 Å². The van der Waals surface area contributed by atoms with Gasteiger partial charge in [-0.2, -0.15) is 0 Å². The molecule has 2 rings (SSSR count). The third-order valence-electron chi connectivity index (χ3n) is 3.73. The number of hydrogen-bond acceptors (Lipinski definition) is 2. The number of rotatable bonds is 2. The van der Waals surface area contributed by atoms with E-state index in [2.05, 4.69) is 52.1 Å². The first-order chi connectivity index (χ1) is 8.72. The fourth-order valence-electron chi connectivity index (χ4n) is 2.72. The normalized spacial score (nSPS) is 23.5. The minimum absolute atomic E-state index is 0.0968. The van der Waals surface area contributed by atoms with Gasteiger partial charge in [0, 0.05) is 12.0 Å². The molecule has 1 aliphatic rings. The van der Waals surface area contributed by atoms with Gasteiger partial charge in [0.25, 0.3) is 0 Å². The van der Waals surface area contributed by atoms with E-state index in [4.69, 9.17) is 4.43 Å². The SMILES string of the molecule is C[Si](C)OC1(O)CCCc2ccc(C(C)(C)C)cc21. The summed E-state index contributed by atoms with van der Waals surface area (Å²) in [5, 5.41) is 10.9. The highest BCUT2D eigenvalue weighted by molar-refractivity contribution is 6.48. The zero-order valence-corrected chi connectivity index (χ0v) is 13.7. The van der Waals surface area contributed by atoms with E-state index in [0.29, 0.717) is 6.42 Å². The van der Waals surface area contributed by atoms with E-state index in [-0.39, 0.29) is 5.41 Å². The van der Waals surface area contributed by atoms with Crippen molar-refractivity contribution < 1.29 is 9.53 Å². The zero-order valence-electron chi connectivity index (χ0n) is 12.7. The van der Waals surface area contributed by atoms with Crippen LogP contribution in [0.3, 0.4) is 0 Å². The number of fused-ring (bicyclic) bond motifs is 1. The Hall–Kier alpha value is -0.643. The van der Waals surface area contributed by atoms with E-state index < -0.39 is 14.8 Å². The number of aryl methyl sites for hydroxylation is 1. The molecule has 0 bridgehead atoms. The fraction of sp³-hybridized carbons (Fsp3) is 0.625. The summed E-state index contributed by atoms with van der Waals surface area (Å²) >= 11 is 0. The maximum Gasteiger partial charge on any atom is 0.209 e. The quantitative estimate of drug-likeness (QED) is 0.659. The Morgan fingerprint density at radius 3 is 2.53 bits per heavy atom. The standard InChI is InChI=1S/C16H25O2Si/c1-15(2,3)13-9-8-12-7-6-10-16(17,14(12)11-13)18-19(4)5/h8-9,11,17H,6-7,10H2,1-5H3. The monoisotopic (exact) mass is 277 g/mol. The van der Waals surface area contributed by atoms with Crippen LogP contribution in [-0.4, -0.2) is 14.1 Å². The molecule has 1 atom stereocenters. The third kappa shape index (κ3) is 3.10. The lowest BCUT2D eigenvalue weighted by Crippen LogP contribution is -2.37. The molecule has 0 spiro atoms. The lowest BCUT2D eigenvalue weighted by molar-refractivity contribution is -0.159. The van der Waals surface area contributed by atoms with Crippen molar-refractivity contribution in [2.75, 3.05) is 0 Å². The molecular formula is C16H25O2Si. The molecule has 19 heavy (non-hydrogen) atoms. The Bertz CT molecular complexity index is 462. The van der Waals surface area contributed by atoms with Gasteiger partial charge in [0.15, 0.2) is 5.79 Å². The Balaban J connectivity index is 2.47. The molecule has 1 N–H and O–H groups in total. The number of aliphatic hydroxyl groups is 1. The molecule has 0 fully saturated rings. The summed E-state index contributed by atoms with van der Waals surface area (Å²) in [6, 6.07) is 6.51. The minimum atomic E-state index is -1.06. The van der Waals surface area contributed by atoms with E-state index in [0.717, 1.165) is 18.4 Å². The molecule has 0 aliphatic heterocycles. The molecule has 1 aromatic carbocycles. The van der Waals surface area contributed by atoms with E-state index >= 15 is 0 Å². The highest BCUT2D eigenvalue weighted by Crippen LogP contribution is 2.39. The van der Waals surface area contributed by atoms with Crippen LogP contribution in [0.5, 0.6) is 0 Å². The second-order valence-electron chi connectivity index (χ2n) is 6.77. The summed E-state index contributed by atoms with van der Waals surface area (Å²) in [4.78, 5) is 0. The van der Waals surface area contributed by atoms with Crippen molar-refractivity contribution in [1.82, 2.24) is 0 Å². The molecule has 1 aliphatic carbocycles. The van der Waals surface area contributed by atoms with Crippen LogP contribution in [0.4, 0.5) is 0 Å². The Labute approximate surface area is 118 Å². The lowest BCUT2D eigenvalue weighted by Gasteiger charge is -2.37. The fourth-order valence-corrected chi connectivity index (χ4v) is 3.61. The molecule has 0 saturated carbocycles. The van der Waals surface area contributed by atoms with Crippen LogP contribution in [0.1, 0.15) is 50.3 Å². The number of benzene rings is 1. The Morgan fingerprint density at radius 1 is 1.26 bits per heavy atom. The van der Waals surface area contributed by atoms with Crippen molar-refractivity contribution in [3.05, 3.63) is 34.9 Å². The summed E-state index contributed by atoms with van der Waals surface area (Å²) in [7, 11) is -0.931. The molecule has 1 radical (unpaired) electrons. The summed E-state index contributed by atoms with van der Waals surface area (Å²) in [6.07, 6.45) is 2.75. The van der Waals surface area contributed by atoms with Gasteiger partial charge in [0.1, 0.15) is 0 Å². The minimum Gasteiger partial charge on any atom is -0.387 e. The van der Waals surface area contributed by atoms with Gasteiger partial charge in [-0.1, -0.05) is 32.9 Å². The highest BCUT2D eigenvalue weighted by atomic mass is 28.3. The molecule has 3 heteroatoms. The predicted molar refractivity (Wildman–Crippen MR) is 80.5 cm³/mol. The van der Waals surface area contributed by atoms with Crippen LogP contribution >= 0.6 is 0 Å². The van der Waals surface area contributed by atoms with Crippen molar-refractivity contribution in [3.8, 4) is 0 Å². The number of hydrogen-bond donors (Lipinski definition) is 1. The van der Waals surface area contributed by atoms with Crippen LogP contribution in [-0.2, 0) is 22.0 Å². The summed E-state index contributed by atoms with van der Waals surface area (Å²) < 4.78 is 5.93. The van der Waals surface area contributed by atoms with Crippen molar-refractivity contribution in [2.24, 2.45) is 0 Å². The molecule has 0 aromatic heterocycles. The van der Waals surface area contributed by atoms with Gasteiger partial charge >= 0.3 is 0 Å². The first kappa shape index (κ1) is 14.8. The van der Waals surface area contributed by atoms with Crippen molar-refractivity contribution in [2.45, 2.75) is 64.3 Å². The van der Waals surface area contributed by atoms with Gasteiger partial charge in [0.05, 0.1) is 0 Å². The second-order valence-corrected chi connectivity index (χ2v) is 8.79. The first-order valence-electron chi connectivity index (χ1n) is 7.08. The molecule has 105 valence electrons. The Kier molecular flexibility index (Phi) is 3.91. The van der Waals surface area contributed by atoms with Crippen molar-refractivity contribution in [3.63, 3.8) is 0 Å². The molecule has 0 saturated heterocycles. The van der Waals surface area contributed by atoms with Crippen LogP contribution in [0, 0.1) is 0 Å². The summed E-state index contributed by atoms with van der Waals surface area (Å²) in [5.41, 5.74) is 3.60. The van der Waals surface area contributed by atoms with Gasteiger partial charge in [0.2, 0.25) is 9.04 Å². The molecular weight excluding hydrogens is 252 g/mol. The smallest absolute Gasteiger partial charge is 0.209 e. The molecule has 2 nitrogen and oxygen atoms in total. The lowest BCUT2D eigenvalue weighted by atomic mass is 9.80. The van der Waals surface area contributed by atoms with Crippen LogP contribution < -0.4 is 0 Å². The van der Waals surface area contributed by atoms with Gasteiger partial charge < -0.3 is 9.53 Å². The van der Waals surface area contributed by atoms with Gasteiger partial charge in [-0.05, 0) is 48.5 Å². The largest absolute Gasteiger partial charge is 0.387 e. The first-order valence-corrected chi connectivity index (χ1v) is 9.49. The summed E-state index contributed by atoms with van der Waals surface area (Å²) in [6.45, 7) is 10.8. The average Bonchev–Trinajstić information content (AvgIpc) is 2.26. The maximum atomic E-state index is 10.9. The molecule has 1 aromatic rings. The van der Waals surface area contributed by atoms with Gasteiger partial charge in [-0.3, -0.25) is 0 Å². The van der Waals surface area contributed by atoms with E-state index in [9.17, 15) is 5.11 Å². The third-order valence-corrected chi connectivity index (χ3v) is 4.48. The van der Waals surface area contributed by atoms with Crippen molar-refractivity contribution >= 4 is 9.04 Å². The van der Waals surface area contributed by atoms with Crippen molar-refractivity contribution in [1.29, 1.82) is 0 Å². The van der Waals surface area contributed by atoms with Crippen LogP contribution in [0.15, 0.2) is 18.2 Å². The van der Waals surface area contributed by atoms with Crippen LogP contribution in [0.25, 0.3) is 0 Å². The van der Waals surface area contributed by atoms with Crippen LogP contribution in [0.2, 0.25) is 13.1 Å².